The Morgan fingerprint density at radius 1 is 1.17 bits per heavy atom. The van der Waals surface area contributed by atoms with Gasteiger partial charge in [0.2, 0.25) is 0 Å². The topological polar surface area (TPSA) is 58.1 Å². The van der Waals surface area contributed by atoms with Gasteiger partial charge in [0.05, 0.1) is 25.9 Å². The molecule has 3 aromatic rings. The first kappa shape index (κ1) is 25.6. The number of nitrogens with one attached hydrogen (secondary N) is 1. The Bertz CT molecular complexity index is 1210. The van der Waals surface area contributed by atoms with E-state index in [-0.39, 0.29) is 18.4 Å². The number of alkyl halides is 3. The van der Waals surface area contributed by atoms with Crippen molar-refractivity contribution in [2.75, 3.05) is 13.1 Å². The van der Waals surface area contributed by atoms with Crippen LogP contribution in [0.1, 0.15) is 69.5 Å². The van der Waals surface area contributed by atoms with Gasteiger partial charge in [-0.1, -0.05) is 0 Å². The van der Waals surface area contributed by atoms with Crippen LogP contribution < -0.4 is 5.32 Å². The van der Waals surface area contributed by atoms with E-state index in [4.69, 9.17) is 0 Å². The SMILES string of the molecule is Cc1nc2cc(C(=O)N[C@H]3CC[C@H](CCN4CCc5sc(CCC(F)(F)F)nc5C4)CC3)ccc2s1. The summed E-state index contributed by atoms with van der Waals surface area (Å²) in [7, 11) is 0. The van der Waals surface area contributed by atoms with Gasteiger partial charge in [-0.3, -0.25) is 9.69 Å². The first-order chi connectivity index (χ1) is 17.2. The maximum absolute atomic E-state index is 12.8. The van der Waals surface area contributed by atoms with Gasteiger partial charge in [0.25, 0.3) is 5.91 Å². The van der Waals surface area contributed by atoms with E-state index in [1.165, 1.54) is 11.3 Å². The number of amides is 1. The van der Waals surface area contributed by atoms with Gasteiger partial charge in [0.1, 0.15) is 0 Å². The minimum absolute atomic E-state index is 0.0138. The zero-order valence-corrected chi connectivity index (χ0v) is 22.0. The second-order valence-electron chi connectivity index (χ2n) is 10.0. The van der Waals surface area contributed by atoms with E-state index in [9.17, 15) is 18.0 Å². The Kier molecular flexibility index (Phi) is 7.65. The third kappa shape index (κ3) is 6.44. The lowest BCUT2D eigenvalue weighted by Crippen LogP contribution is -2.38. The van der Waals surface area contributed by atoms with E-state index >= 15 is 0 Å². The summed E-state index contributed by atoms with van der Waals surface area (Å²) in [5, 5.41) is 4.83. The first-order valence-corrected chi connectivity index (χ1v) is 14.3. The summed E-state index contributed by atoms with van der Waals surface area (Å²) in [4.78, 5) is 25.3. The van der Waals surface area contributed by atoms with Gasteiger partial charge in [-0.25, -0.2) is 9.97 Å². The van der Waals surface area contributed by atoms with E-state index in [2.05, 4.69) is 20.2 Å². The van der Waals surface area contributed by atoms with Crippen LogP contribution in [0.25, 0.3) is 10.2 Å². The van der Waals surface area contributed by atoms with Crippen molar-refractivity contribution in [1.82, 2.24) is 20.2 Å². The van der Waals surface area contributed by atoms with Crippen LogP contribution in [0.2, 0.25) is 0 Å². The van der Waals surface area contributed by atoms with Crippen molar-refractivity contribution in [3.63, 3.8) is 0 Å². The fourth-order valence-electron chi connectivity index (χ4n) is 5.27. The summed E-state index contributed by atoms with van der Waals surface area (Å²) in [5.74, 6) is 0.625. The molecule has 10 heteroatoms. The summed E-state index contributed by atoms with van der Waals surface area (Å²) in [5.41, 5.74) is 2.53. The van der Waals surface area contributed by atoms with Gasteiger partial charge in [0.15, 0.2) is 0 Å². The smallest absolute Gasteiger partial charge is 0.349 e. The van der Waals surface area contributed by atoms with Crippen molar-refractivity contribution < 1.29 is 18.0 Å². The van der Waals surface area contributed by atoms with Crippen molar-refractivity contribution in [2.24, 2.45) is 5.92 Å². The van der Waals surface area contributed by atoms with E-state index < -0.39 is 12.6 Å². The molecule has 1 aliphatic heterocycles. The average Bonchev–Trinajstić information content (AvgIpc) is 3.42. The van der Waals surface area contributed by atoms with Crippen molar-refractivity contribution in [1.29, 1.82) is 0 Å². The highest BCUT2D eigenvalue weighted by molar-refractivity contribution is 7.18. The molecule has 0 spiro atoms. The van der Waals surface area contributed by atoms with E-state index in [1.54, 1.807) is 11.3 Å². The number of hydrogen-bond donors (Lipinski definition) is 1. The zero-order chi connectivity index (χ0) is 25.3. The molecule has 3 heterocycles. The van der Waals surface area contributed by atoms with E-state index in [0.29, 0.717) is 16.5 Å². The summed E-state index contributed by atoms with van der Waals surface area (Å²) < 4.78 is 38.7. The number of hydrogen-bond acceptors (Lipinski definition) is 6. The minimum atomic E-state index is -4.13. The highest BCUT2D eigenvalue weighted by Gasteiger charge is 2.29. The number of carbonyl (C=O) groups excluding carboxylic acids is 1. The third-order valence-corrected chi connectivity index (χ3v) is 9.43. The van der Waals surface area contributed by atoms with Crippen LogP contribution in [0.3, 0.4) is 0 Å². The number of benzene rings is 1. The van der Waals surface area contributed by atoms with Gasteiger partial charge in [-0.15, -0.1) is 22.7 Å². The monoisotopic (exact) mass is 536 g/mol. The van der Waals surface area contributed by atoms with Crippen molar-refractivity contribution >= 4 is 38.8 Å². The van der Waals surface area contributed by atoms with Crippen LogP contribution in [-0.4, -0.2) is 46.1 Å². The molecule has 1 aliphatic carbocycles. The summed E-state index contributed by atoms with van der Waals surface area (Å²) in [6.45, 7) is 4.65. The fourth-order valence-corrected chi connectivity index (χ4v) is 7.14. The molecule has 0 radical (unpaired) electrons. The highest BCUT2D eigenvalue weighted by Crippen LogP contribution is 2.31. The number of nitrogens with zero attached hydrogens (tertiary/aromatic N) is 3. The minimum Gasteiger partial charge on any atom is -0.349 e. The Morgan fingerprint density at radius 3 is 2.75 bits per heavy atom. The molecular formula is C26H31F3N4OS2. The number of fused-ring (bicyclic) bond motifs is 2. The number of carbonyl (C=O) groups is 1. The molecule has 2 aliphatic rings. The molecule has 2 aromatic heterocycles. The molecule has 0 unspecified atom stereocenters. The lowest BCUT2D eigenvalue weighted by molar-refractivity contribution is -0.134. The largest absolute Gasteiger partial charge is 0.389 e. The number of aryl methyl sites for hydroxylation is 2. The van der Waals surface area contributed by atoms with Crippen LogP contribution in [0.4, 0.5) is 13.2 Å². The van der Waals surface area contributed by atoms with Crippen LogP contribution >= 0.6 is 22.7 Å². The second kappa shape index (κ2) is 10.8. The van der Waals surface area contributed by atoms with Crippen molar-refractivity contribution in [3.05, 3.63) is 44.3 Å². The number of aromatic nitrogens is 2. The Morgan fingerprint density at radius 2 is 1.97 bits per heavy atom. The standard InChI is InChI=1S/C26H31F3N4OS2/c1-16-30-20-14-18(4-7-22(20)35-16)25(34)31-19-5-2-17(3-6-19)9-12-33-13-10-23-21(15-33)32-24(36-23)8-11-26(27,28)29/h4,7,14,17,19H,2-3,5-6,8-13,15H2,1H3,(H,31,34)/t17-,19-. The molecule has 1 amide bonds. The summed E-state index contributed by atoms with van der Waals surface area (Å²) in [6.07, 6.45) is 1.24. The van der Waals surface area contributed by atoms with Crippen molar-refractivity contribution in [2.45, 2.75) is 77.1 Å². The Hall–Kier alpha value is -2.04. The summed E-state index contributed by atoms with van der Waals surface area (Å²) in [6, 6.07) is 5.95. The molecule has 194 valence electrons. The molecule has 0 saturated heterocycles. The maximum Gasteiger partial charge on any atom is 0.389 e. The summed E-state index contributed by atoms with van der Waals surface area (Å²) >= 11 is 3.09. The quantitative estimate of drug-likeness (QED) is 0.385. The van der Waals surface area contributed by atoms with E-state index in [0.717, 1.165) is 84.0 Å². The lowest BCUT2D eigenvalue weighted by Gasteiger charge is -2.32. The highest BCUT2D eigenvalue weighted by atomic mass is 32.1. The van der Waals surface area contributed by atoms with Crippen molar-refractivity contribution in [3.8, 4) is 0 Å². The first-order valence-electron chi connectivity index (χ1n) is 12.7. The molecule has 1 saturated carbocycles. The lowest BCUT2D eigenvalue weighted by atomic mass is 9.84. The van der Waals surface area contributed by atoms with Gasteiger partial charge < -0.3 is 5.32 Å². The van der Waals surface area contributed by atoms with Crippen LogP contribution in [0, 0.1) is 12.8 Å². The normalized spacial score (nSPS) is 21.0. The maximum atomic E-state index is 12.8. The Balaban J connectivity index is 1.04. The number of thiazole rings is 2. The molecule has 0 atom stereocenters. The molecule has 1 N–H and O–H groups in total. The zero-order valence-electron chi connectivity index (χ0n) is 20.4. The molecule has 5 rings (SSSR count). The molecule has 0 bridgehead atoms. The predicted octanol–water partition coefficient (Wildman–Crippen LogP) is 6.29. The van der Waals surface area contributed by atoms with Gasteiger partial charge in [-0.05, 0) is 76.1 Å². The molecule has 5 nitrogen and oxygen atoms in total. The fraction of sp³-hybridized carbons (Fsp3) is 0.577. The average molecular weight is 537 g/mol. The van der Waals surface area contributed by atoms with Crippen LogP contribution in [0.5, 0.6) is 0 Å². The number of halogens is 3. The van der Waals surface area contributed by atoms with Crippen LogP contribution in [-0.2, 0) is 19.4 Å². The second-order valence-corrected chi connectivity index (χ2v) is 12.4. The van der Waals surface area contributed by atoms with E-state index in [1.807, 2.05) is 25.1 Å². The van der Waals surface area contributed by atoms with Gasteiger partial charge >= 0.3 is 6.18 Å². The predicted molar refractivity (Wildman–Crippen MR) is 138 cm³/mol. The number of rotatable bonds is 7. The third-order valence-electron chi connectivity index (χ3n) is 7.27. The van der Waals surface area contributed by atoms with Crippen LogP contribution in [0.15, 0.2) is 18.2 Å². The van der Waals surface area contributed by atoms with Gasteiger partial charge in [-0.2, -0.15) is 13.2 Å². The van der Waals surface area contributed by atoms with Gasteiger partial charge in [0, 0.05) is 42.4 Å². The molecule has 1 fully saturated rings. The molecule has 1 aromatic carbocycles. The molecule has 36 heavy (non-hydrogen) atoms. The Labute approximate surface area is 217 Å². The molecular weight excluding hydrogens is 505 g/mol.